The zero-order valence-corrected chi connectivity index (χ0v) is 12.2. The van der Waals surface area contributed by atoms with Gasteiger partial charge in [0.15, 0.2) is 0 Å². The number of aryl methyl sites for hydroxylation is 1. The van der Waals surface area contributed by atoms with Crippen LogP contribution in [0.5, 0.6) is 0 Å². The number of thiazole rings is 1. The predicted octanol–water partition coefficient (Wildman–Crippen LogP) is 3.84. The third-order valence-corrected chi connectivity index (χ3v) is 5.28. The van der Waals surface area contributed by atoms with Gasteiger partial charge in [0, 0.05) is 11.1 Å². The smallest absolute Gasteiger partial charge is 0.113 e. The van der Waals surface area contributed by atoms with E-state index < -0.39 is 0 Å². The van der Waals surface area contributed by atoms with Crippen molar-refractivity contribution in [1.29, 1.82) is 0 Å². The topological polar surface area (TPSA) is 38.9 Å². The minimum Gasteiger partial charge on any atom is -0.319 e. The van der Waals surface area contributed by atoms with E-state index in [1.807, 2.05) is 6.20 Å². The summed E-state index contributed by atoms with van der Waals surface area (Å²) in [6, 6.07) is 0. The van der Waals surface area contributed by atoms with E-state index in [4.69, 9.17) is 5.73 Å². The Hall–Kier alpha value is -0.410. The van der Waals surface area contributed by atoms with Crippen LogP contribution in [0.1, 0.15) is 56.3 Å². The van der Waals surface area contributed by atoms with E-state index in [9.17, 15) is 0 Å². The van der Waals surface area contributed by atoms with Gasteiger partial charge in [0.2, 0.25) is 0 Å². The molecule has 96 valence electrons. The first kappa shape index (κ1) is 13.0. The van der Waals surface area contributed by atoms with Crippen LogP contribution in [0.4, 0.5) is 0 Å². The lowest BCUT2D eigenvalue weighted by Gasteiger charge is -2.41. The van der Waals surface area contributed by atoms with E-state index in [-0.39, 0.29) is 5.54 Å². The molecule has 17 heavy (non-hydrogen) atoms. The van der Waals surface area contributed by atoms with E-state index in [0.29, 0.717) is 5.41 Å². The van der Waals surface area contributed by atoms with Crippen LogP contribution >= 0.6 is 11.3 Å². The number of hydrogen-bond acceptors (Lipinski definition) is 3. The van der Waals surface area contributed by atoms with E-state index in [2.05, 4.69) is 32.7 Å². The summed E-state index contributed by atoms with van der Waals surface area (Å²) >= 11 is 1.77. The quantitative estimate of drug-likeness (QED) is 0.824. The molecular formula is C14H24N2S. The molecule has 0 saturated heterocycles. The highest BCUT2D eigenvalue weighted by atomic mass is 32.1. The first-order valence-electron chi connectivity index (χ1n) is 6.53. The molecule has 0 aliphatic heterocycles. The second kappa shape index (κ2) is 4.36. The summed E-state index contributed by atoms with van der Waals surface area (Å²) in [5, 5.41) is 1.14. The molecular weight excluding hydrogens is 228 g/mol. The molecule has 3 heteroatoms. The monoisotopic (exact) mass is 252 g/mol. The van der Waals surface area contributed by atoms with Gasteiger partial charge in [-0.1, -0.05) is 20.8 Å². The van der Waals surface area contributed by atoms with Crippen LogP contribution in [0.3, 0.4) is 0 Å². The Bertz CT molecular complexity index is 381. The van der Waals surface area contributed by atoms with Crippen LogP contribution in [0.25, 0.3) is 0 Å². The van der Waals surface area contributed by atoms with Crippen LogP contribution in [-0.2, 0) is 5.54 Å². The predicted molar refractivity (Wildman–Crippen MR) is 74.1 cm³/mol. The van der Waals surface area contributed by atoms with Crippen molar-refractivity contribution in [3.05, 3.63) is 16.1 Å². The summed E-state index contributed by atoms with van der Waals surface area (Å²) in [5.41, 5.74) is 6.81. The second-order valence-corrected chi connectivity index (χ2v) is 7.81. The fourth-order valence-electron chi connectivity index (χ4n) is 2.80. The zero-order valence-electron chi connectivity index (χ0n) is 11.4. The van der Waals surface area contributed by atoms with Gasteiger partial charge in [0.25, 0.3) is 0 Å². The Labute approximate surface area is 109 Å². The lowest BCUT2D eigenvalue weighted by Crippen LogP contribution is -2.42. The third kappa shape index (κ3) is 2.71. The molecule has 0 amide bonds. The SMILES string of the molecule is Cc1cnc(C2(N)CCC(C(C)(C)C)CC2)s1. The summed E-state index contributed by atoms with van der Waals surface area (Å²) in [7, 11) is 0. The molecule has 1 fully saturated rings. The molecule has 0 aromatic carbocycles. The van der Waals surface area contributed by atoms with Gasteiger partial charge in [-0.2, -0.15) is 0 Å². The number of hydrogen-bond donors (Lipinski definition) is 1. The fraction of sp³-hybridized carbons (Fsp3) is 0.786. The highest BCUT2D eigenvalue weighted by molar-refractivity contribution is 7.11. The van der Waals surface area contributed by atoms with Gasteiger partial charge in [0.1, 0.15) is 5.01 Å². The summed E-state index contributed by atoms with van der Waals surface area (Å²) in [6.45, 7) is 9.13. The molecule has 2 nitrogen and oxygen atoms in total. The average molecular weight is 252 g/mol. The van der Waals surface area contributed by atoms with Gasteiger partial charge in [-0.25, -0.2) is 4.98 Å². The maximum absolute atomic E-state index is 6.55. The molecule has 0 atom stereocenters. The van der Waals surface area contributed by atoms with Crippen molar-refractivity contribution < 1.29 is 0 Å². The molecule has 0 bridgehead atoms. The van der Waals surface area contributed by atoms with Crippen molar-refractivity contribution in [3.63, 3.8) is 0 Å². The Morgan fingerprint density at radius 3 is 2.35 bits per heavy atom. The molecule has 0 unspecified atom stereocenters. The van der Waals surface area contributed by atoms with Gasteiger partial charge in [0.05, 0.1) is 5.54 Å². The van der Waals surface area contributed by atoms with Gasteiger partial charge in [-0.05, 0) is 43.9 Å². The maximum Gasteiger partial charge on any atom is 0.113 e. The number of nitrogens with zero attached hydrogens (tertiary/aromatic N) is 1. The standard InChI is InChI=1S/C14H24N2S/c1-10-9-16-12(17-10)14(15)7-5-11(6-8-14)13(2,3)4/h9,11H,5-8,15H2,1-4H3. The average Bonchev–Trinajstić information content (AvgIpc) is 2.65. The van der Waals surface area contributed by atoms with Gasteiger partial charge >= 0.3 is 0 Å². The van der Waals surface area contributed by atoms with Gasteiger partial charge in [-0.3, -0.25) is 0 Å². The van der Waals surface area contributed by atoms with E-state index >= 15 is 0 Å². The number of nitrogens with two attached hydrogens (primary N) is 1. The molecule has 1 aliphatic rings. The van der Waals surface area contributed by atoms with E-state index in [1.165, 1.54) is 17.7 Å². The minimum absolute atomic E-state index is 0.152. The molecule has 1 heterocycles. The largest absolute Gasteiger partial charge is 0.319 e. The van der Waals surface area contributed by atoms with Crippen LogP contribution in [0, 0.1) is 18.3 Å². The molecule has 1 aliphatic carbocycles. The van der Waals surface area contributed by atoms with Crippen molar-refractivity contribution >= 4 is 11.3 Å². The van der Waals surface area contributed by atoms with Crippen LogP contribution in [0.2, 0.25) is 0 Å². The Kier molecular flexibility index (Phi) is 3.34. The number of rotatable bonds is 1. The zero-order chi connectivity index (χ0) is 12.7. The van der Waals surface area contributed by atoms with Crippen molar-refractivity contribution in [2.75, 3.05) is 0 Å². The van der Waals surface area contributed by atoms with Gasteiger partial charge < -0.3 is 5.73 Å². The Balaban J connectivity index is 2.07. The van der Waals surface area contributed by atoms with E-state index in [0.717, 1.165) is 23.8 Å². The van der Waals surface area contributed by atoms with Gasteiger partial charge in [-0.15, -0.1) is 11.3 Å². The fourth-order valence-corrected chi connectivity index (χ4v) is 3.72. The molecule has 1 aromatic rings. The minimum atomic E-state index is -0.152. The molecule has 2 N–H and O–H groups in total. The second-order valence-electron chi connectivity index (χ2n) is 6.57. The van der Waals surface area contributed by atoms with Crippen molar-refractivity contribution in [1.82, 2.24) is 4.98 Å². The lowest BCUT2D eigenvalue weighted by molar-refractivity contribution is 0.134. The van der Waals surface area contributed by atoms with Crippen LogP contribution in [0.15, 0.2) is 6.20 Å². The van der Waals surface area contributed by atoms with Crippen LogP contribution < -0.4 is 5.73 Å². The Morgan fingerprint density at radius 1 is 1.35 bits per heavy atom. The number of aromatic nitrogens is 1. The first-order chi connectivity index (χ1) is 7.81. The third-order valence-electron chi connectivity index (χ3n) is 4.15. The Morgan fingerprint density at radius 2 is 1.94 bits per heavy atom. The highest BCUT2D eigenvalue weighted by Crippen LogP contribution is 2.44. The van der Waals surface area contributed by atoms with Crippen molar-refractivity contribution in [2.45, 2.75) is 58.9 Å². The van der Waals surface area contributed by atoms with Crippen molar-refractivity contribution in [2.24, 2.45) is 17.1 Å². The highest BCUT2D eigenvalue weighted by Gasteiger charge is 2.38. The molecule has 2 rings (SSSR count). The normalized spacial score (nSPS) is 30.5. The molecule has 0 spiro atoms. The molecule has 0 radical (unpaired) electrons. The van der Waals surface area contributed by atoms with Crippen LogP contribution in [-0.4, -0.2) is 4.98 Å². The lowest BCUT2D eigenvalue weighted by atomic mass is 9.68. The molecule has 1 aromatic heterocycles. The molecule has 1 saturated carbocycles. The first-order valence-corrected chi connectivity index (χ1v) is 7.35. The summed E-state index contributed by atoms with van der Waals surface area (Å²) in [4.78, 5) is 5.76. The maximum atomic E-state index is 6.55. The van der Waals surface area contributed by atoms with E-state index in [1.54, 1.807) is 11.3 Å². The summed E-state index contributed by atoms with van der Waals surface area (Å²) in [6.07, 6.45) is 6.59. The summed E-state index contributed by atoms with van der Waals surface area (Å²) < 4.78 is 0. The van der Waals surface area contributed by atoms with Crippen molar-refractivity contribution in [3.8, 4) is 0 Å². The summed E-state index contributed by atoms with van der Waals surface area (Å²) in [5.74, 6) is 0.806.